The second-order valence-corrected chi connectivity index (χ2v) is 9.19. The molecule has 0 radical (unpaired) electrons. The van der Waals surface area contributed by atoms with Gasteiger partial charge in [0.05, 0.1) is 12.7 Å². The third-order valence-electron chi connectivity index (χ3n) is 4.79. The van der Waals surface area contributed by atoms with Crippen LogP contribution in [0.3, 0.4) is 0 Å². The Kier molecular flexibility index (Phi) is 7.24. The first-order valence-electron chi connectivity index (χ1n) is 9.49. The number of ketones is 1. The van der Waals surface area contributed by atoms with Gasteiger partial charge < -0.3 is 4.74 Å². The zero-order valence-electron chi connectivity index (χ0n) is 16.7. The Morgan fingerprint density at radius 3 is 1.74 bits per heavy atom. The van der Waals surface area contributed by atoms with E-state index in [-0.39, 0.29) is 6.42 Å². The number of hydrogen-bond acceptors (Lipinski definition) is 3. The molecule has 0 N–H and O–H groups in total. The molecule has 1 atom stereocenters. The van der Waals surface area contributed by atoms with E-state index in [0.29, 0.717) is 5.56 Å². The fourth-order valence-corrected chi connectivity index (χ4v) is 6.13. The zero-order chi connectivity index (χ0) is 22.4. The first-order chi connectivity index (χ1) is 14.8. The summed E-state index contributed by atoms with van der Waals surface area (Å²) in [6, 6.07) is 23.7. The molecule has 0 saturated heterocycles. The van der Waals surface area contributed by atoms with Crippen molar-refractivity contribution in [2.75, 3.05) is 7.11 Å². The lowest BCUT2D eigenvalue weighted by Gasteiger charge is -2.29. The quantitative estimate of drug-likeness (QED) is 0.292. The monoisotopic (exact) mass is 444 g/mol. The predicted molar refractivity (Wildman–Crippen MR) is 115 cm³/mol. The van der Waals surface area contributed by atoms with Crippen LogP contribution in [0.2, 0.25) is 0 Å². The first kappa shape index (κ1) is 22.7. The fourth-order valence-electron chi connectivity index (χ4n) is 3.31. The predicted octanol–water partition coefficient (Wildman–Crippen LogP) is 5.01. The molecular formula is C24H20F3O3P. The van der Waals surface area contributed by atoms with Crippen molar-refractivity contribution in [3.63, 3.8) is 0 Å². The van der Waals surface area contributed by atoms with Crippen molar-refractivity contribution in [1.82, 2.24) is 0 Å². The Labute approximate surface area is 179 Å². The lowest BCUT2D eigenvalue weighted by molar-refractivity contribution is -0.151. The van der Waals surface area contributed by atoms with Gasteiger partial charge in [-0.25, -0.2) is 4.79 Å². The van der Waals surface area contributed by atoms with E-state index in [1.54, 1.807) is 0 Å². The molecule has 0 unspecified atom stereocenters. The summed E-state index contributed by atoms with van der Waals surface area (Å²) in [5, 5.41) is 1.90. The summed E-state index contributed by atoms with van der Waals surface area (Å²) in [6.07, 6.45) is -4.63. The van der Waals surface area contributed by atoms with Crippen LogP contribution in [0, 0.1) is 0 Å². The molecule has 3 nitrogen and oxygen atoms in total. The highest BCUT2D eigenvalue weighted by molar-refractivity contribution is 7.73. The SMILES string of the molecule is COC(=O)C(=O)C[C@@H](c1ccc(C(F)(F)F)cc1)P(c1ccccc1)c1ccccc1. The highest BCUT2D eigenvalue weighted by Crippen LogP contribution is 2.51. The lowest BCUT2D eigenvalue weighted by atomic mass is 10.0. The maximum absolute atomic E-state index is 13.1. The number of alkyl halides is 3. The summed E-state index contributed by atoms with van der Waals surface area (Å²) in [5.41, 5.74) is -0.712. The molecule has 0 spiro atoms. The number of hydrogen-bond donors (Lipinski definition) is 0. The van der Waals surface area contributed by atoms with Gasteiger partial charge in [0.15, 0.2) is 0 Å². The van der Waals surface area contributed by atoms with E-state index in [4.69, 9.17) is 0 Å². The van der Waals surface area contributed by atoms with Crippen molar-refractivity contribution in [2.24, 2.45) is 0 Å². The number of ether oxygens (including phenoxy) is 1. The number of benzene rings is 3. The third kappa shape index (κ3) is 5.59. The molecule has 0 heterocycles. The van der Waals surface area contributed by atoms with Gasteiger partial charge in [0.2, 0.25) is 5.78 Å². The molecule has 7 heteroatoms. The first-order valence-corrected chi connectivity index (χ1v) is 10.9. The van der Waals surface area contributed by atoms with Crippen LogP contribution < -0.4 is 10.6 Å². The molecule has 31 heavy (non-hydrogen) atoms. The van der Waals surface area contributed by atoms with E-state index in [1.807, 2.05) is 60.7 Å². The van der Waals surface area contributed by atoms with Crippen molar-refractivity contribution in [1.29, 1.82) is 0 Å². The molecule has 0 aliphatic rings. The minimum absolute atomic E-state index is 0.173. The highest BCUT2D eigenvalue weighted by Gasteiger charge is 2.33. The normalized spacial score (nSPS) is 12.4. The highest BCUT2D eigenvalue weighted by atomic mass is 31.1. The van der Waals surface area contributed by atoms with Crippen molar-refractivity contribution < 1.29 is 27.5 Å². The van der Waals surface area contributed by atoms with Crippen LogP contribution in [0.5, 0.6) is 0 Å². The largest absolute Gasteiger partial charge is 0.463 e. The smallest absolute Gasteiger partial charge is 0.416 e. The van der Waals surface area contributed by atoms with Crippen LogP contribution in [0.15, 0.2) is 84.9 Å². The van der Waals surface area contributed by atoms with E-state index >= 15 is 0 Å². The van der Waals surface area contributed by atoms with Gasteiger partial charge in [0.25, 0.3) is 0 Å². The van der Waals surface area contributed by atoms with Gasteiger partial charge >= 0.3 is 12.1 Å². The van der Waals surface area contributed by atoms with Crippen LogP contribution in [-0.4, -0.2) is 18.9 Å². The molecule has 3 rings (SSSR count). The molecule has 0 aromatic heterocycles. The third-order valence-corrected chi connectivity index (χ3v) is 7.61. The van der Waals surface area contributed by atoms with E-state index < -0.39 is 37.1 Å². The van der Waals surface area contributed by atoms with Crippen LogP contribution >= 0.6 is 7.92 Å². The summed E-state index contributed by atoms with van der Waals surface area (Å²) < 4.78 is 43.8. The fraction of sp³-hybridized carbons (Fsp3) is 0.167. The standard InChI is InChI=1S/C24H20F3O3P/c1-30-23(29)21(28)16-22(17-12-14-18(15-13-17)24(25,26)27)31(19-8-4-2-5-9-19)20-10-6-3-7-11-20/h2-15,22H,16H2,1H3/t22-/m0/s1. The number of carbonyl (C=O) groups excluding carboxylic acids is 2. The second-order valence-electron chi connectivity index (χ2n) is 6.80. The maximum atomic E-state index is 13.1. The number of esters is 1. The molecule has 0 saturated carbocycles. The zero-order valence-corrected chi connectivity index (χ0v) is 17.6. The molecule has 3 aromatic carbocycles. The van der Waals surface area contributed by atoms with Crippen molar-refractivity contribution in [3.8, 4) is 0 Å². The maximum Gasteiger partial charge on any atom is 0.416 e. The average molecular weight is 444 g/mol. The number of rotatable bonds is 7. The molecule has 0 amide bonds. The Morgan fingerprint density at radius 2 is 1.32 bits per heavy atom. The summed E-state index contributed by atoms with van der Waals surface area (Å²) in [6.45, 7) is 0. The Hall–Kier alpha value is -2.98. The lowest BCUT2D eigenvalue weighted by Crippen LogP contribution is -2.23. The average Bonchev–Trinajstić information content (AvgIpc) is 2.79. The molecule has 0 fully saturated rings. The molecule has 0 bridgehead atoms. The van der Waals surface area contributed by atoms with Gasteiger partial charge in [-0.15, -0.1) is 0 Å². The second kappa shape index (κ2) is 9.88. The number of methoxy groups -OCH3 is 1. The van der Waals surface area contributed by atoms with Crippen LogP contribution in [0.4, 0.5) is 13.2 Å². The Balaban J connectivity index is 2.12. The minimum atomic E-state index is -4.46. The molecule has 0 aliphatic carbocycles. The number of Topliss-reactive ketones (excluding diaryl/α,β-unsaturated/α-hetero) is 1. The van der Waals surface area contributed by atoms with E-state index in [2.05, 4.69) is 4.74 Å². The minimum Gasteiger partial charge on any atom is -0.463 e. The van der Waals surface area contributed by atoms with Gasteiger partial charge in [-0.05, 0) is 36.2 Å². The van der Waals surface area contributed by atoms with Crippen LogP contribution in [0.25, 0.3) is 0 Å². The van der Waals surface area contributed by atoms with Gasteiger partial charge in [0.1, 0.15) is 0 Å². The van der Waals surface area contributed by atoms with Gasteiger partial charge in [0, 0.05) is 12.1 Å². The molecular weight excluding hydrogens is 424 g/mol. The van der Waals surface area contributed by atoms with E-state index in [0.717, 1.165) is 29.9 Å². The van der Waals surface area contributed by atoms with Gasteiger partial charge in [-0.1, -0.05) is 72.8 Å². The molecule has 3 aromatic rings. The summed E-state index contributed by atoms with van der Waals surface area (Å²) in [7, 11) is -0.0709. The van der Waals surface area contributed by atoms with Gasteiger partial charge in [-0.3, -0.25) is 4.79 Å². The van der Waals surface area contributed by atoms with Crippen molar-refractivity contribution in [2.45, 2.75) is 18.3 Å². The van der Waals surface area contributed by atoms with E-state index in [9.17, 15) is 22.8 Å². The Bertz CT molecular complexity index is 980. The summed E-state index contributed by atoms with van der Waals surface area (Å²) in [5.74, 6) is -1.68. The van der Waals surface area contributed by atoms with E-state index in [1.165, 1.54) is 12.1 Å². The van der Waals surface area contributed by atoms with Crippen LogP contribution in [-0.2, 0) is 20.5 Å². The van der Waals surface area contributed by atoms with Gasteiger partial charge in [-0.2, -0.15) is 13.2 Å². The Morgan fingerprint density at radius 1 is 0.839 bits per heavy atom. The van der Waals surface area contributed by atoms with Crippen molar-refractivity contribution in [3.05, 3.63) is 96.1 Å². The van der Waals surface area contributed by atoms with Crippen molar-refractivity contribution >= 4 is 30.3 Å². The number of halogens is 3. The summed E-state index contributed by atoms with van der Waals surface area (Å²) >= 11 is 0. The summed E-state index contributed by atoms with van der Waals surface area (Å²) in [4.78, 5) is 24.4. The number of carbonyl (C=O) groups is 2. The molecule has 0 aliphatic heterocycles. The molecule has 160 valence electrons. The van der Waals surface area contributed by atoms with Crippen LogP contribution in [0.1, 0.15) is 23.2 Å². The topological polar surface area (TPSA) is 43.4 Å².